The van der Waals surface area contributed by atoms with E-state index in [0.717, 1.165) is 85.3 Å². The monoisotopic (exact) mass is 1030 g/mol. The van der Waals surface area contributed by atoms with Gasteiger partial charge in [-0.3, -0.25) is 0 Å². The zero-order valence-electron chi connectivity index (χ0n) is 27.9. The standard InChI is InChI=1S/12CH4O.12H2O.9Ti/c12*1-2;;;;;;;;;;;;;;;;;;;;;/h12*2H,1H3;12*1H2;;;;;;;;;. The summed E-state index contributed by atoms with van der Waals surface area (Å²) in [5.74, 6) is 0. The normalized spacial score (nSPS) is 1.60. The fourth-order valence-corrected chi connectivity index (χ4v) is 0. The van der Waals surface area contributed by atoms with Crippen LogP contribution in [0.5, 0.6) is 0 Å². The van der Waals surface area contributed by atoms with Crippen LogP contribution in [-0.2, 0) is 195 Å². The number of hydrogen-bond donors (Lipinski definition) is 12. The van der Waals surface area contributed by atoms with Crippen molar-refractivity contribution in [2.75, 3.05) is 85.3 Å². The first-order valence-corrected chi connectivity index (χ1v) is 5.37. The van der Waals surface area contributed by atoms with Crippen LogP contribution >= 0.6 is 0 Å². The predicted octanol–water partition coefficient (Wildman–Crippen LogP) is -14.6. The fraction of sp³-hybridized carbons (Fsp3) is 1.00. The summed E-state index contributed by atoms with van der Waals surface area (Å²) in [6.07, 6.45) is 0. The van der Waals surface area contributed by atoms with E-state index in [2.05, 4.69) is 0 Å². The molecule has 0 aromatic carbocycles. The largest absolute Gasteiger partial charge is 0.412 e. The molecule has 0 rings (SSSR count). The Morgan fingerprint density at radius 1 is 0.111 bits per heavy atom. The number of rotatable bonds is 0. The molecule has 0 unspecified atom stereocenters. The first-order valence-electron chi connectivity index (χ1n) is 5.37. The topological polar surface area (TPSA) is 621 Å². The van der Waals surface area contributed by atoms with Crippen molar-refractivity contribution in [1.29, 1.82) is 0 Å². The van der Waals surface area contributed by atoms with Gasteiger partial charge in [-0.2, -0.15) is 0 Å². The molecule has 45 heavy (non-hydrogen) atoms. The Bertz CT molecular complexity index is 65.5. The van der Waals surface area contributed by atoms with Crippen molar-refractivity contribution in [3.63, 3.8) is 0 Å². The summed E-state index contributed by atoms with van der Waals surface area (Å²) < 4.78 is 0. The third-order valence-corrected chi connectivity index (χ3v) is 0. The third kappa shape index (κ3) is 3730. The maximum Gasteiger partial charge on any atom is 0.0319 e. The molecule has 36 N–H and O–H groups in total. The van der Waals surface area contributed by atoms with Crippen LogP contribution < -0.4 is 0 Å². The summed E-state index contributed by atoms with van der Waals surface area (Å²) >= 11 is 0. The van der Waals surface area contributed by atoms with E-state index in [4.69, 9.17) is 61.3 Å². The molecule has 0 bridgehead atoms. The molecule has 0 saturated carbocycles. The van der Waals surface area contributed by atoms with Gasteiger partial charge in [0.2, 0.25) is 0 Å². The van der Waals surface area contributed by atoms with Crippen molar-refractivity contribution in [1.82, 2.24) is 0 Å². The van der Waals surface area contributed by atoms with Crippen molar-refractivity contribution in [2.24, 2.45) is 0 Å². The van der Waals surface area contributed by atoms with Crippen molar-refractivity contribution >= 4 is 0 Å². The van der Waals surface area contributed by atoms with Gasteiger partial charge in [-0.25, -0.2) is 0 Å². The SMILES string of the molecule is CO.CO.CO.CO.CO.CO.CO.CO.CO.CO.CO.CO.O.O.O.O.O.O.O.O.O.O.O.O.[Ti].[Ti].[Ti].[Ti].[Ti].[Ti].[Ti].[Ti].[Ti]. The molecule has 0 fully saturated rings. The minimum absolute atomic E-state index is 0. The van der Waals surface area contributed by atoms with Crippen LogP contribution in [0.3, 0.4) is 0 Å². The van der Waals surface area contributed by atoms with Gasteiger partial charge in [-0.15, -0.1) is 0 Å². The van der Waals surface area contributed by atoms with Gasteiger partial charge in [0.25, 0.3) is 0 Å². The van der Waals surface area contributed by atoms with E-state index in [-0.39, 0.29) is 261 Å². The number of hydrogen-bond acceptors (Lipinski definition) is 12. The van der Waals surface area contributed by atoms with Crippen molar-refractivity contribution in [3.05, 3.63) is 0 Å². The van der Waals surface area contributed by atoms with Crippen molar-refractivity contribution in [2.45, 2.75) is 0 Å². The molecule has 0 aromatic heterocycles. The second-order valence-corrected chi connectivity index (χ2v) is 0. The molecule has 0 aliphatic heterocycles. The van der Waals surface area contributed by atoms with Crippen LogP contribution in [0.2, 0.25) is 0 Å². The van der Waals surface area contributed by atoms with Gasteiger partial charge < -0.3 is 127 Å². The third-order valence-electron chi connectivity index (χ3n) is 0. The first kappa shape index (κ1) is 405. The van der Waals surface area contributed by atoms with Gasteiger partial charge in [0.15, 0.2) is 0 Å². The Morgan fingerprint density at radius 2 is 0.111 bits per heavy atom. The molecule has 0 radical (unpaired) electrons. The summed E-state index contributed by atoms with van der Waals surface area (Å²) in [7, 11) is 12.0. The molecular weight excluding hydrogens is 959 g/mol. The summed E-state index contributed by atoms with van der Waals surface area (Å²) in [5.41, 5.74) is 0. The van der Waals surface area contributed by atoms with Gasteiger partial charge in [0.1, 0.15) is 0 Å². The molecular formula is C12H72O24Ti9. The van der Waals surface area contributed by atoms with E-state index in [1.807, 2.05) is 0 Å². The maximum absolute atomic E-state index is 7.00. The maximum atomic E-state index is 7.00. The average molecular weight is 1030 g/mol. The molecule has 300 valence electrons. The second-order valence-electron chi connectivity index (χ2n) is 0. The van der Waals surface area contributed by atoms with Crippen molar-refractivity contribution in [3.8, 4) is 0 Å². The summed E-state index contributed by atoms with van der Waals surface area (Å²) in [4.78, 5) is 0. The van der Waals surface area contributed by atoms with Gasteiger partial charge in [0, 0.05) is 281 Å². The minimum Gasteiger partial charge on any atom is -0.412 e. The van der Waals surface area contributed by atoms with E-state index in [0.29, 0.717) is 0 Å². The van der Waals surface area contributed by atoms with Crippen LogP contribution in [-0.4, -0.2) is 212 Å². The minimum atomic E-state index is 0. The smallest absolute Gasteiger partial charge is 0.0319 e. The molecule has 0 spiro atoms. The van der Waals surface area contributed by atoms with E-state index < -0.39 is 0 Å². The molecule has 0 atom stereocenters. The molecule has 0 aliphatic carbocycles. The second kappa shape index (κ2) is 3890. The zero-order chi connectivity index (χ0) is 24.0. The van der Waals surface area contributed by atoms with Crippen molar-refractivity contribution < 1.29 is 322 Å². The average Bonchev–Trinajstić information content (AvgIpc) is 2.84. The van der Waals surface area contributed by atoms with E-state index in [1.54, 1.807) is 0 Å². The summed E-state index contributed by atoms with van der Waals surface area (Å²) in [6.45, 7) is 0. The predicted molar refractivity (Wildman–Crippen MR) is 141 cm³/mol. The molecule has 0 aliphatic rings. The first-order chi connectivity index (χ1) is 12.0. The Labute approximate surface area is 402 Å². The van der Waals surface area contributed by atoms with E-state index >= 15 is 0 Å². The van der Waals surface area contributed by atoms with Gasteiger partial charge in [-0.05, 0) is 0 Å². The molecule has 0 amide bonds. The molecule has 0 aromatic rings. The van der Waals surface area contributed by atoms with E-state index in [9.17, 15) is 0 Å². The summed E-state index contributed by atoms with van der Waals surface area (Å²) in [6, 6.07) is 0. The number of aliphatic hydroxyl groups is 12. The van der Waals surface area contributed by atoms with Gasteiger partial charge in [0.05, 0.1) is 0 Å². The Kier molecular flexibility index (Phi) is 35000. The Morgan fingerprint density at radius 3 is 0.111 bits per heavy atom. The fourth-order valence-electron chi connectivity index (χ4n) is 0. The quantitative estimate of drug-likeness (QED) is 0.101. The number of aliphatic hydroxyl groups excluding tert-OH is 12. The Balaban J connectivity index is -0.00000000108. The van der Waals surface area contributed by atoms with Gasteiger partial charge in [-0.1, -0.05) is 0 Å². The van der Waals surface area contributed by atoms with Crippen LogP contribution in [0, 0.1) is 0 Å². The van der Waals surface area contributed by atoms with Gasteiger partial charge >= 0.3 is 0 Å². The van der Waals surface area contributed by atoms with Crippen LogP contribution in [0.15, 0.2) is 0 Å². The van der Waals surface area contributed by atoms with Crippen LogP contribution in [0.4, 0.5) is 0 Å². The summed E-state index contributed by atoms with van der Waals surface area (Å²) in [5, 5.41) is 84.0. The Hall–Kier alpha value is 5.47. The van der Waals surface area contributed by atoms with E-state index in [1.165, 1.54) is 0 Å². The zero-order valence-corrected chi connectivity index (χ0v) is 41.9. The molecule has 24 nitrogen and oxygen atoms in total. The molecule has 33 heteroatoms. The molecule has 0 heterocycles. The van der Waals surface area contributed by atoms with Crippen LogP contribution in [0.1, 0.15) is 0 Å². The molecule has 0 saturated heterocycles. The van der Waals surface area contributed by atoms with Crippen LogP contribution in [0.25, 0.3) is 0 Å².